The summed E-state index contributed by atoms with van der Waals surface area (Å²) < 4.78 is 0. The van der Waals surface area contributed by atoms with Crippen molar-refractivity contribution in [1.82, 2.24) is 15.5 Å². The maximum absolute atomic E-state index is 11.9. The highest BCUT2D eigenvalue weighted by Crippen LogP contribution is 2.11. The molecule has 1 fully saturated rings. The lowest BCUT2D eigenvalue weighted by Gasteiger charge is -2.34. The van der Waals surface area contributed by atoms with Crippen molar-refractivity contribution in [2.45, 2.75) is 52.1 Å². The largest absolute Gasteiger partial charge is 0.350 e. The number of amides is 1. The molecule has 4 nitrogen and oxygen atoms in total. The van der Waals surface area contributed by atoms with Gasteiger partial charge in [-0.05, 0) is 53.2 Å². The van der Waals surface area contributed by atoms with E-state index in [9.17, 15) is 4.79 Å². The minimum absolute atomic E-state index is 0.134. The molecule has 0 aromatic carbocycles. The number of carbonyl (C=O) groups excluding carboxylic acids is 1. The number of hydrogen-bond donors (Lipinski definition) is 2. The first-order chi connectivity index (χ1) is 7.92. The SMILES string of the molecule is CCN(CC(=O)NC(C)(C)C)C1CCNCC1. The Hall–Kier alpha value is -0.610. The molecular formula is C13H27N3O. The predicted octanol–water partition coefficient (Wildman–Crippen LogP) is 0.975. The summed E-state index contributed by atoms with van der Waals surface area (Å²) in [7, 11) is 0. The Labute approximate surface area is 105 Å². The average Bonchev–Trinajstić information content (AvgIpc) is 2.24. The molecule has 0 aliphatic carbocycles. The normalized spacial score (nSPS) is 18.4. The minimum atomic E-state index is -0.134. The molecule has 0 spiro atoms. The Morgan fingerprint density at radius 3 is 2.41 bits per heavy atom. The molecule has 1 heterocycles. The highest BCUT2D eigenvalue weighted by atomic mass is 16.2. The summed E-state index contributed by atoms with van der Waals surface area (Å²) in [5, 5.41) is 6.38. The molecule has 1 saturated heterocycles. The summed E-state index contributed by atoms with van der Waals surface area (Å²) in [6.07, 6.45) is 2.30. The summed E-state index contributed by atoms with van der Waals surface area (Å²) in [6.45, 7) is 11.8. The van der Waals surface area contributed by atoms with Gasteiger partial charge in [0, 0.05) is 11.6 Å². The van der Waals surface area contributed by atoms with Crippen LogP contribution in [0.15, 0.2) is 0 Å². The molecular weight excluding hydrogens is 214 g/mol. The van der Waals surface area contributed by atoms with Gasteiger partial charge in [-0.2, -0.15) is 0 Å². The second-order valence-corrected chi connectivity index (χ2v) is 5.84. The van der Waals surface area contributed by atoms with Gasteiger partial charge in [0.15, 0.2) is 0 Å². The molecule has 0 radical (unpaired) electrons. The molecule has 4 heteroatoms. The summed E-state index contributed by atoms with van der Waals surface area (Å²) in [5.74, 6) is 0.137. The lowest BCUT2D eigenvalue weighted by Crippen LogP contribution is -2.50. The highest BCUT2D eigenvalue weighted by Gasteiger charge is 2.23. The molecule has 1 aliphatic heterocycles. The van der Waals surface area contributed by atoms with Crippen molar-refractivity contribution in [3.05, 3.63) is 0 Å². The molecule has 0 saturated carbocycles. The van der Waals surface area contributed by atoms with E-state index in [1.807, 2.05) is 20.8 Å². The maximum Gasteiger partial charge on any atom is 0.234 e. The first kappa shape index (κ1) is 14.5. The fourth-order valence-corrected chi connectivity index (χ4v) is 2.31. The van der Waals surface area contributed by atoms with Gasteiger partial charge in [0.25, 0.3) is 0 Å². The van der Waals surface area contributed by atoms with Gasteiger partial charge >= 0.3 is 0 Å². The molecule has 0 aromatic rings. The smallest absolute Gasteiger partial charge is 0.234 e. The van der Waals surface area contributed by atoms with Gasteiger partial charge in [0.05, 0.1) is 6.54 Å². The molecule has 0 unspecified atom stereocenters. The molecule has 100 valence electrons. The van der Waals surface area contributed by atoms with Crippen molar-refractivity contribution in [2.75, 3.05) is 26.2 Å². The first-order valence-corrected chi connectivity index (χ1v) is 6.68. The van der Waals surface area contributed by atoms with E-state index >= 15 is 0 Å². The Morgan fingerprint density at radius 1 is 1.35 bits per heavy atom. The van der Waals surface area contributed by atoms with E-state index in [0.29, 0.717) is 12.6 Å². The second kappa shape index (κ2) is 6.36. The van der Waals surface area contributed by atoms with E-state index in [0.717, 1.165) is 32.5 Å². The van der Waals surface area contributed by atoms with Crippen LogP contribution in [0.1, 0.15) is 40.5 Å². The standard InChI is InChI=1S/C13H27N3O/c1-5-16(11-6-8-14-9-7-11)10-12(17)15-13(2,3)4/h11,14H,5-10H2,1-4H3,(H,15,17). The van der Waals surface area contributed by atoms with Gasteiger partial charge in [0.2, 0.25) is 5.91 Å². The molecule has 0 aromatic heterocycles. The van der Waals surface area contributed by atoms with Gasteiger partial charge < -0.3 is 10.6 Å². The number of piperidine rings is 1. The zero-order chi connectivity index (χ0) is 12.9. The van der Waals surface area contributed by atoms with Crippen LogP contribution in [0.3, 0.4) is 0 Å². The summed E-state index contributed by atoms with van der Waals surface area (Å²) in [5.41, 5.74) is -0.134. The topological polar surface area (TPSA) is 44.4 Å². The van der Waals surface area contributed by atoms with Crippen molar-refractivity contribution in [3.63, 3.8) is 0 Å². The fraction of sp³-hybridized carbons (Fsp3) is 0.923. The molecule has 2 N–H and O–H groups in total. The molecule has 1 rings (SSSR count). The molecule has 1 aliphatic rings. The number of hydrogen-bond acceptors (Lipinski definition) is 3. The van der Waals surface area contributed by atoms with Crippen LogP contribution < -0.4 is 10.6 Å². The van der Waals surface area contributed by atoms with Crippen molar-refractivity contribution in [3.8, 4) is 0 Å². The van der Waals surface area contributed by atoms with Gasteiger partial charge in [-0.1, -0.05) is 6.92 Å². The summed E-state index contributed by atoms with van der Waals surface area (Å²) in [6, 6.07) is 0.562. The third-order valence-corrected chi connectivity index (χ3v) is 3.09. The molecule has 17 heavy (non-hydrogen) atoms. The zero-order valence-electron chi connectivity index (χ0n) is 11.7. The Bertz CT molecular complexity index is 242. The van der Waals surface area contributed by atoms with Gasteiger partial charge in [0.1, 0.15) is 0 Å². The van der Waals surface area contributed by atoms with Crippen molar-refractivity contribution >= 4 is 5.91 Å². The van der Waals surface area contributed by atoms with Crippen LogP contribution in [0.4, 0.5) is 0 Å². The van der Waals surface area contributed by atoms with Gasteiger partial charge in [-0.3, -0.25) is 9.69 Å². The third-order valence-electron chi connectivity index (χ3n) is 3.09. The quantitative estimate of drug-likeness (QED) is 0.771. The van der Waals surface area contributed by atoms with Crippen LogP contribution in [0, 0.1) is 0 Å². The monoisotopic (exact) mass is 241 g/mol. The fourth-order valence-electron chi connectivity index (χ4n) is 2.31. The summed E-state index contributed by atoms with van der Waals surface area (Å²) >= 11 is 0. The van der Waals surface area contributed by atoms with E-state index in [1.54, 1.807) is 0 Å². The lowest BCUT2D eigenvalue weighted by atomic mass is 10.0. The first-order valence-electron chi connectivity index (χ1n) is 6.68. The number of nitrogens with zero attached hydrogens (tertiary/aromatic N) is 1. The van der Waals surface area contributed by atoms with Crippen LogP contribution in [-0.4, -0.2) is 48.6 Å². The Morgan fingerprint density at radius 2 is 1.94 bits per heavy atom. The highest BCUT2D eigenvalue weighted by molar-refractivity contribution is 5.78. The molecule has 0 bridgehead atoms. The van der Waals surface area contributed by atoms with E-state index < -0.39 is 0 Å². The molecule has 1 amide bonds. The zero-order valence-corrected chi connectivity index (χ0v) is 11.7. The van der Waals surface area contributed by atoms with Gasteiger partial charge in [-0.15, -0.1) is 0 Å². The van der Waals surface area contributed by atoms with Crippen LogP contribution in [-0.2, 0) is 4.79 Å². The number of likely N-dealkylation sites (N-methyl/N-ethyl adjacent to an activating group) is 1. The second-order valence-electron chi connectivity index (χ2n) is 5.84. The summed E-state index contributed by atoms with van der Waals surface area (Å²) in [4.78, 5) is 14.2. The van der Waals surface area contributed by atoms with Crippen molar-refractivity contribution in [1.29, 1.82) is 0 Å². The average molecular weight is 241 g/mol. The van der Waals surface area contributed by atoms with Gasteiger partial charge in [-0.25, -0.2) is 0 Å². The Kier molecular flexibility index (Phi) is 5.40. The number of carbonyl (C=O) groups is 1. The van der Waals surface area contributed by atoms with Crippen LogP contribution >= 0.6 is 0 Å². The van der Waals surface area contributed by atoms with Crippen LogP contribution in [0.5, 0.6) is 0 Å². The van der Waals surface area contributed by atoms with Crippen molar-refractivity contribution < 1.29 is 4.79 Å². The van der Waals surface area contributed by atoms with E-state index in [2.05, 4.69) is 22.5 Å². The lowest BCUT2D eigenvalue weighted by molar-refractivity contribution is -0.124. The van der Waals surface area contributed by atoms with Crippen LogP contribution in [0.2, 0.25) is 0 Å². The predicted molar refractivity (Wildman–Crippen MR) is 71.0 cm³/mol. The molecule has 0 atom stereocenters. The van der Waals surface area contributed by atoms with E-state index in [1.165, 1.54) is 0 Å². The Balaban J connectivity index is 2.42. The van der Waals surface area contributed by atoms with E-state index in [-0.39, 0.29) is 11.4 Å². The van der Waals surface area contributed by atoms with Crippen molar-refractivity contribution in [2.24, 2.45) is 0 Å². The van der Waals surface area contributed by atoms with Crippen LogP contribution in [0.25, 0.3) is 0 Å². The third kappa shape index (κ3) is 5.50. The number of rotatable bonds is 4. The minimum Gasteiger partial charge on any atom is -0.350 e. The number of nitrogens with one attached hydrogen (secondary N) is 2. The maximum atomic E-state index is 11.9. The van der Waals surface area contributed by atoms with E-state index in [4.69, 9.17) is 0 Å².